The molecule has 0 bridgehead atoms. The Bertz CT molecular complexity index is 889. The van der Waals surface area contributed by atoms with Gasteiger partial charge in [0.25, 0.3) is 5.91 Å². The number of aromatic amines is 1. The molecule has 0 spiro atoms. The van der Waals surface area contributed by atoms with Crippen LogP contribution in [0, 0.1) is 6.92 Å². The van der Waals surface area contributed by atoms with E-state index in [1.54, 1.807) is 11.3 Å². The predicted octanol–water partition coefficient (Wildman–Crippen LogP) is 3.19. The lowest BCUT2D eigenvalue weighted by Crippen LogP contribution is -2.35. The highest BCUT2D eigenvalue weighted by atomic mass is 32.1. The quantitative estimate of drug-likeness (QED) is 0.772. The number of hydrogen-bond donors (Lipinski definition) is 1. The molecule has 1 saturated heterocycles. The molecule has 3 aromatic rings. The van der Waals surface area contributed by atoms with Crippen molar-refractivity contribution >= 4 is 22.9 Å². The summed E-state index contributed by atoms with van der Waals surface area (Å²) in [5, 5.41) is 11.2. The van der Waals surface area contributed by atoms with Crippen molar-refractivity contribution in [3.05, 3.63) is 52.6 Å². The molecular formula is C19H21N5OS. The van der Waals surface area contributed by atoms with E-state index in [-0.39, 0.29) is 5.91 Å². The largest absolute Gasteiger partial charge is 0.370 e. The standard InChI is InChI=1S/C19H21N5OS/c1-14-11-16(3-5-20-14)23-6-2-7-24(9-8-23)19(25)18-12-17(21-22-18)15-4-10-26-13-15/h3-5,10-13H,2,6-9H2,1H3,(H,21,22). The van der Waals surface area contributed by atoms with Crippen LogP contribution < -0.4 is 4.90 Å². The van der Waals surface area contributed by atoms with Gasteiger partial charge in [0.05, 0.1) is 5.69 Å². The number of thiophene rings is 1. The van der Waals surface area contributed by atoms with Gasteiger partial charge in [-0.1, -0.05) is 0 Å². The number of nitrogens with zero attached hydrogens (tertiary/aromatic N) is 4. The second-order valence-electron chi connectivity index (χ2n) is 6.47. The van der Waals surface area contributed by atoms with E-state index >= 15 is 0 Å². The first-order valence-electron chi connectivity index (χ1n) is 8.75. The maximum absolute atomic E-state index is 12.9. The van der Waals surface area contributed by atoms with Gasteiger partial charge in [-0.25, -0.2) is 0 Å². The molecule has 0 aliphatic carbocycles. The van der Waals surface area contributed by atoms with Crippen molar-refractivity contribution in [3.8, 4) is 11.3 Å². The molecule has 0 aromatic carbocycles. The maximum atomic E-state index is 12.9. The Morgan fingerprint density at radius 2 is 2.12 bits per heavy atom. The van der Waals surface area contributed by atoms with E-state index in [1.807, 2.05) is 47.0 Å². The first-order chi connectivity index (χ1) is 12.7. The Kier molecular flexibility index (Phi) is 4.71. The van der Waals surface area contributed by atoms with E-state index in [9.17, 15) is 4.79 Å². The number of H-pyrrole nitrogens is 1. The first-order valence-corrected chi connectivity index (χ1v) is 9.70. The van der Waals surface area contributed by atoms with Crippen molar-refractivity contribution in [2.24, 2.45) is 0 Å². The van der Waals surface area contributed by atoms with E-state index in [0.29, 0.717) is 12.2 Å². The minimum atomic E-state index is 0.0201. The molecule has 0 saturated carbocycles. The number of amides is 1. The summed E-state index contributed by atoms with van der Waals surface area (Å²) in [5.74, 6) is 0.0201. The SMILES string of the molecule is Cc1cc(N2CCCN(C(=O)c3cc(-c4ccsc4)n[nH]3)CC2)ccn1. The summed E-state index contributed by atoms with van der Waals surface area (Å²) in [6.45, 7) is 5.22. The lowest BCUT2D eigenvalue weighted by molar-refractivity contribution is 0.0761. The number of rotatable bonds is 3. The highest BCUT2D eigenvalue weighted by Crippen LogP contribution is 2.22. The highest BCUT2D eigenvalue weighted by molar-refractivity contribution is 7.08. The van der Waals surface area contributed by atoms with Crippen molar-refractivity contribution in [1.29, 1.82) is 0 Å². The molecule has 0 atom stereocenters. The Labute approximate surface area is 156 Å². The smallest absolute Gasteiger partial charge is 0.271 e. The second kappa shape index (κ2) is 7.29. The number of hydrogen-bond acceptors (Lipinski definition) is 5. The topological polar surface area (TPSA) is 65.1 Å². The second-order valence-corrected chi connectivity index (χ2v) is 7.25. The van der Waals surface area contributed by atoms with E-state index in [1.165, 1.54) is 5.69 Å². The fourth-order valence-corrected chi connectivity index (χ4v) is 3.92. The number of carbonyl (C=O) groups is 1. The Hall–Kier alpha value is -2.67. The molecule has 1 aliphatic rings. The molecule has 134 valence electrons. The Balaban J connectivity index is 1.44. The first kappa shape index (κ1) is 16.8. The molecule has 7 heteroatoms. The van der Waals surface area contributed by atoms with Gasteiger partial charge in [0.1, 0.15) is 5.69 Å². The van der Waals surface area contributed by atoms with Gasteiger partial charge in [-0.05, 0) is 43.0 Å². The van der Waals surface area contributed by atoms with Crippen LogP contribution in [0.1, 0.15) is 22.6 Å². The van der Waals surface area contributed by atoms with E-state index in [2.05, 4.69) is 26.1 Å². The van der Waals surface area contributed by atoms with Crippen molar-refractivity contribution in [2.75, 3.05) is 31.1 Å². The van der Waals surface area contributed by atoms with Crippen molar-refractivity contribution in [1.82, 2.24) is 20.1 Å². The monoisotopic (exact) mass is 367 g/mol. The minimum absolute atomic E-state index is 0.0201. The molecule has 1 aliphatic heterocycles. The van der Waals surface area contributed by atoms with Gasteiger partial charge in [-0.2, -0.15) is 16.4 Å². The van der Waals surface area contributed by atoms with Crippen molar-refractivity contribution < 1.29 is 4.79 Å². The zero-order chi connectivity index (χ0) is 17.9. The van der Waals surface area contributed by atoms with Crippen LogP contribution in [-0.2, 0) is 0 Å². The van der Waals surface area contributed by atoms with Crippen molar-refractivity contribution in [2.45, 2.75) is 13.3 Å². The summed E-state index contributed by atoms with van der Waals surface area (Å²) in [7, 11) is 0. The summed E-state index contributed by atoms with van der Waals surface area (Å²) in [4.78, 5) is 21.4. The number of anilines is 1. The molecule has 1 amide bonds. The molecule has 4 rings (SSSR count). The van der Waals surface area contributed by atoms with Crippen LogP contribution in [-0.4, -0.2) is 52.2 Å². The third-order valence-electron chi connectivity index (χ3n) is 4.65. The van der Waals surface area contributed by atoms with Crippen molar-refractivity contribution in [3.63, 3.8) is 0 Å². The fraction of sp³-hybridized carbons (Fsp3) is 0.316. The van der Waals surface area contributed by atoms with Gasteiger partial charge in [0.15, 0.2) is 0 Å². The molecule has 26 heavy (non-hydrogen) atoms. The van der Waals surface area contributed by atoms with Gasteiger partial charge in [0.2, 0.25) is 0 Å². The summed E-state index contributed by atoms with van der Waals surface area (Å²) in [6, 6.07) is 7.99. The van der Waals surface area contributed by atoms with Gasteiger partial charge in [-0.15, -0.1) is 0 Å². The molecule has 0 unspecified atom stereocenters. The zero-order valence-electron chi connectivity index (χ0n) is 14.7. The average Bonchev–Trinajstić information content (AvgIpc) is 3.28. The lowest BCUT2D eigenvalue weighted by Gasteiger charge is -2.23. The molecule has 3 aromatic heterocycles. The zero-order valence-corrected chi connectivity index (χ0v) is 15.5. The van der Waals surface area contributed by atoms with Crippen LogP contribution in [0.25, 0.3) is 11.3 Å². The van der Waals surface area contributed by atoms with E-state index in [4.69, 9.17) is 0 Å². The highest BCUT2D eigenvalue weighted by Gasteiger charge is 2.22. The molecule has 0 radical (unpaired) electrons. The van der Waals surface area contributed by atoms with E-state index in [0.717, 1.165) is 43.0 Å². The van der Waals surface area contributed by atoms with E-state index < -0.39 is 0 Å². The lowest BCUT2D eigenvalue weighted by atomic mass is 10.2. The third-order valence-corrected chi connectivity index (χ3v) is 5.34. The van der Waals surface area contributed by atoms with Gasteiger partial charge < -0.3 is 9.80 Å². The fourth-order valence-electron chi connectivity index (χ4n) is 3.27. The predicted molar refractivity (Wildman–Crippen MR) is 104 cm³/mol. The molecule has 4 heterocycles. The molecular weight excluding hydrogens is 346 g/mol. The maximum Gasteiger partial charge on any atom is 0.271 e. The van der Waals surface area contributed by atoms with Gasteiger partial charge in [-0.3, -0.25) is 14.9 Å². The summed E-state index contributed by atoms with van der Waals surface area (Å²) in [6.07, 6.45) is 2.79. The van der Waals surface area contributed by atoms with Gasteiger partial charge in [0, 0.05) is 54.7 Å². The van der Waals surface area contributed by atoms with Crippen LogP contribution in [0.15, 0.2) is 41.2 Å². The van der Waals surface area contributed by atoms with Gasteiger partial charge >= 0.3 is 0 Å². The third kappa shape index (κ3) is 3.48. The van der Waals surface area contributed by atoms with Crippen LogP contribution in [0.5, 0.6) is 0 Å². The van der Waals surface area contributed by atoms with Crippen LogP contribution in [0.4, 0.5) is 5.69 Å². The number of carbonyl (C=O) groups excluding carboxylic acids is 1. The molecule has 6 nitrogen and oxygen atoms in total. The molecule has 1 N–H and O–H groups in total. The summed E-state index contributed by atoms with van der Waals surface area (Å²) < 4.78 is 0. The van der Waals surface area contributed by atoms with Crippen LogP contribution >= 0.6 is 11.3 Å². The summed E-state index contributed by atoms with van der Waals surface area (Å²) >= 11 is 1.62. The van der Waals surface area contributed by atoms with Crippen LogP contribution in [0.2, 0.25) is 0 Å². The number of nitrogens with one attached hydrogen (secondary N) is 1. The summed E-state index contributed by atoms with van der Waals surface area (Å²) in [5.41, 5.74) is 4.60. The Morgan fingerprint density at radius 1 is 1.19 bits per heavy atom. The number of pyridine rings is 1. The van der Waals surface area contributed by atoms with Crippen LogP contribution in [0.3, 0.4) is 0 Å². The number of aryl methyl sites for hydroxylation is 1. The average molecular weight is 367 g/mol. The number of aromatic nitrogens is 3. The minimum Gasteiger partial charge on any atom is -0.370 e. The molecule has 1 fully saturated rings. The Morgan fingerprint density at radius 3 is 2.92 bits per heavy atom. The normalized spacial score (nSPS) is 15.1.